The molecule has 1 aromatic heterocycles. The van der Waals surface area contributed by atoms with Crippen molar-refractivity contribution in [2.45, 2.75) is 0 Å². The average molecular weight is 364 g/mol. The zero-order chi connectivity index (χ0) is 18.1. The molecule has 6 heteroatoms. The number of amides is 1. The summed E-state index contributed by atoms with van der Waals surface area (Å²) in [7, 11) is 3.10. The lowest BCUT2D eigenvalue weighted by molar-refractivity contribution is 0.102. The molecule has 0 aliphatic heterocycles. The molecule has 130 valence electrons. The lowest BCUT2D eigenvalue weighted by Crippen LogP contribution is -2.11. The first-order valence-electron chi connectivity index (χ1n) is 8.01. The number of ether oxygens (including phenoxy) is 2. The Kier molecular flexibility index (Phi) is 4.18. The first kappa shape index (κ1) is 16.4. The molecular formula is C20H16N2O3S. The lowest BCUT2D eigenvalue weighted by Gasteiger charge is -2.09. The van der Waals surface area contributed by atoms with E-state index in [0.29, 0.717) is 22.2 Å². The molecule has 0 unspecified atom stereocenters. The van der Waals surface area contributed by atoms with Crippen molar-refractivity contribution in [1.29, 1.82) is 0 Å². The molecule has 0 atom stereocenters. The third-order valence-electron chi connectivity index (χ3n) is 4.15. The van der Waals surface area contributed by atoms with Crippen LogP contribution in [0, 0.1) is 0 Å². The highest BCUT2D eigenvalue weighted by atomic mass is 32.1. The number of thiazole rings is 1. The minimum Gasteiger partial charge on any atom is -0.493 e. The fraction of sp³-hybridized carbons (Fsp3) is 0.100. The monoisotopic (exact) mass is 364 g/mol. The van der Waals surface area contributed by atoms with Gasteiger partial charge in [0.1, 0.15) is 0 Å². The van der Waals surface area contributed by atoms with E-state index in [1.807, 2.05) is 24.3 Å². The van der Waals surface area contributed by atoms with Gasteiger partial charge in [0.05, 0.1) is 24.4 Å². The molecule has 1 amide bonds. The minimum atomic E-state index is -0.241. The summed E-state index contributed by atoms with van der Waals surface area (Å²) in [5, 5.41) is 5.64. The molecule has 0 aliphatic carbocycles. The van der Waals surface area contributed by atoms with Gasteiger partial charge in [-0.15, -0.1) is 0 Å². The second kappa shape index (κ2) is 6.65. The molecule has 0 fully saturated rings. The molecule has 0 saturated carbocycles. The maximum atomic E-state index is 12.6. The average Bonchev–Trinajstić information content (AvgIpc) is 3.10. The molecule has 4 rings (SSSR count). The Morgan fingerprint density at radius 1 is 1.00 bits per heavy atom. The Morgan fingerprint density at radius 2 is 1.81 bits per heavy atom. The number of methoxy groups -OCH3 is 2. The van der Waals surface area contributed by atoms with Crippen LogP contribution in [0.15, 0.2) is 54.6 Å². The maximum Gasteiger partial charge on any atom is 0.257 e. The Hall–Kier alpha value is -3.12. The minimum absolute atomic E-state index is 0.241. The standard InChI is InChI=1S/C20H16N2O3S/c1-24-15-9-7-13(11-16(15)25-2)19(23)22-20-21-18-14-6-4-3-5-12(14)8-10-17(18)26-20/h3-11H,1-2H3,(H,21,22,23). The number of rotatable bonds is 4. The van der Waals surface area contributed by atoms with Gasteiger partial charge in [-0.25, -0.2) is 4.98 Å². The first-order valence-corrected chi connectivity index (χ1v) is 8.83. The van der Waals surface area contributed by atoms with E-state index < -0.39 is 0 Å². The van der Waals surface area contributed by atoms with Crippen molar-refractivity contribution in [1.82, 2.24) is 4.98 Å². The molecule has 4 aromatic rings. The van der Waals surface area contributed by atoms with Crippen molar-refractivity contribution in [3.05, 3.63) is 60.2 Å². The highest BCUT2D eigenvalue weighted by Crippen LogP contribution is 2.32. The fourth-order valence-corrected chi connectivity index (χ4v) is 3.74. The van der Waals surface area contributed by atoms with Crippen molar-refractivity contribution < 1.29 is 14.3 Å². The third-order valence-corrected chi connectivity index (χ3v) is 5.09. The predicted molar refractivity (Wildman–Crippen MR) is 105 cm³/mol. The predicted octanol–water partition coefficient (Wildman–Crippen LogP) is 4.72. The van der Waals surface area contributed by atoms with Crippen LogP contribution in [0.5, 0.6) is 11.5 Å². The Bertz CT molecular complexity index is 1120. The van der Waals surface area contributed by atoms with Gasteiger partial charge < -0.3 is 9.47 Å². The molecule has 26 heavy (non-hydrogen) atoms. The normalized spacial score (nSPS) is 10.8. The smallest absolute Gasteiger partial charge is 0.257 e. The number of benzene rings is 3. The van der Waals surface area contributed by atoms with Crippen LogP contribution in [0.4, 0.5) is 5.13 Å². The zero-order valence-electron chi connectivity index (χ0n) is 14.3. The van der Waals surface area contributed by atoms with Gasteiger partial charge in [-0.3, -0.25) is 10.1 Å². The first-order chi connectivity index (χ1) is 12.7. The summed E-state index contributed by atoms with van der Waals surface area (Å²) in [6, 6.07) is 17.2. The summed E-state index contributed by atoms with van der Waals surface area (Å²) in [4.78, 5) is 17.2. The largest absolute Gasteiger partial charge is 0.493 e. The number of nitrogens with one attached hydrogen (secondary N) is 1. The van der Waals surface area contributed by atoms with Crippen molar-refractivity contribution in [3.63, 3.8) is 0 Å². The molecular weight excluding hydrogens is 348 g/mol. The second-order valence-corrected chi connectivity index (χ2v) is 6.71. The molecule has 1 N–H and O–H groups in total. The van der Waals surface area contributed by atoms with E-state index in [1.54, 1.807) is 25.3 Å². The van der Waals surface area contributed by atoms with Crippen molar-refractivity contribution in [2.75, 3.05) is 19.5 Å². The van der Waals surface area contributed by atoms with Gasteiger partial charge in [0, 0.05) is 10.9 Å². The van der Waals surface area contributed by atoms with E-state index in [-0.39, 0.29) is 5.91 Å². The van der Waals surface area contributed by atoms with E-state index in [0.717, 1.165) is 21.0 Å². The number of hydrogen-bond donors (Lipinski definition) is 1. The quantitative estimate of drug-likeness (QED) is 0.569. The summed E-state index contributed by atoms with van der Waals surface area (Å²) in [5.41, 5.74) is 1.38. The highest BCUT2D eigenvalue weighted by Gasteiger charge is 2.14. The number of nitrogens with zero attached hydrogens (tertiary/aromatic N) is 1. The molecule has 0 bridgehead atoms. The number of carbonyl (C=O) groups excluding carboxylic acids is 1. The number of fused-ring (bicyclic) bond motifs is 3. The third kappa shape index (κ3) is 2.84. The Labute approximate surface area is 154 Å². The fourth-order valence-electron chi connectivity index (χ4n) is 2.86. The van der Waals surface area contributed by atoms with E-state index in [4.69, 9.17) is 9.47 Å². The van der Waals surface area contributed by atoms with Crippen LogP contribution in [0.3, 0.4) is 0 Å². The summed E-state index contributed by atoms with van der Waals surface area (Å²) >= 11 is 1.45. The van der Waals surface area contributed by atoms with E-state index in [9.17, 15) is 4.79 Å². The highest BCUT2D eigenvalue weighted by molar-refractivity contribution is 7.22. The van der Waals surface area contributed by atoms with Crippen molar-refractivity contribution >= 4 is 43.4 Å². The van der Waals surface area contributed by atoms with E-state index in [2.05, 4.69) is 22.4 Å². The lowest BCUT2D eigenvalue weighted by atomic mass is 10.1. The number of carbonyl (C=O) groups is 1. The van der Waals surface area contributed by atoms with Crippen LogP contribution >= 0.6 is 11.3 Å². The van der Waals surface area contributed by atoms with Gasteiger partial charge in [0.2, 0.25) is 0 Å². The summed E-state index contributed by atoms with van der Waals surface area (Å²) in [5.74, 6) is 0.847. The van der Waals surface area contributed by atoms with Gasteiger partial charge >= 0.3 is 0 Å². The topological polar surface area (TPSA) is 60.5 Å². The second-order valence-electron chi connectivity index (χ2n) is 5.68. The Balaban J connectivity index is 1.66. The van der Waals surface area contributed by atoms with Crippen molar-refractivity contribution in [2.24, 2.45) is 0 Å². The molecule has 5 nitrogen and oxygen atoms in total. The molecule has 3 aromatic carbocycles. The zero-order valence-corrected chi connectivity index (χ0v) is 15.1. The van der Waals surface area contributed by atoms with Crippen LogP contribution in [-0.4, -0.2) is 25.1 Å². The molecule has 0 aliphatic rings. The van der Waals surface area contributed by atoms with Crippen LogP contribution < -0.4 is 14.8 Å². The van der Waals surface area contributed by atoms with Crippen molar-refractivity contribution in [3.8, 4) is 11.5 Å². The number of aromatic nitrogens is 1. The van der Waals surface area contributed by atoms with Gasteiger partial charge in [-0.05, 0) is 29.7 Å². The SMILES string of the molecule is COc1ccc(C(=O)Nc2nc3c(ccc4ccccc43)s2)cc1OC. The number of anilines is 1. The summed E-state index contributed by atoms with van der Waals surface area (Å²) in [6.45, 7) is 0. The maximum absolute atomic E-state index is 12.6. The summed E-state index contributed by atoms with van der Waals surface area (Å²) < 4.78 is 11.5. The number of hydrogen-bond acceptors (Lipinski definition) is 5. The van der Waals surface area contributed by atoms with Crippen LogP contribution in [0.25, 0.3) is 21.0 Å². The van der Waals surface area contributed by atoms with Gasteiger partial charge in [0.15, 0.2) is 16.6 Å². The van der Waals surface area contributed by atoms with E-state index >= 15 is 0 Å². The van der Waals surface area contributed by atoms with Gasteiger partial charge in [-0.1, -0.05) is 41.7 Å². The van der Waals surface area contributed by atoms with Gasteiger partial charge in [0.25, 0.3) is 5.91 Å². The van der Waals surface area contributed by atoms with Gasteiger partial charge in [-0.2, -0.15) is 0 Å². The van der Waals surface area contributed by atoms with E-state index in [1.165, 1.54) is 18.4 Å². The van der Waals surface area contributed by atoms with Crippen LogP contribution in [0.1, 0.15) is 10.4 Å². The van der Waals surface area contributed by atoms with Crippen LogP contribution in [-0.2, 0) is 0 Å². The molecule has 0 spiro atoms. The van der Waals surface area contributed by atoms with Crippen LogP contribution in [0.2, 0.25) is 0 Å². The Morgan fingerprint density at radius 3 is 2.62 bits per heavy atom. The molecule has 1 heterocycles. The molecule has 0 radical (unpaired) electrons. The molecule has 0 saturated heterocycles. The summed E-state index contributed by atoms with van der Waals surface area (Å²) in [6.07, 6.45) is 0.